The molecule has 0 saturated heterocycles. The van der Waals surface area contributed by atoms with Crippen LogP contribution in [-0.4, -0.2) is 18.3 Å². The van der Waals surface area contributed by atoms with Gasteiger partial charge >= 0.3 is 47.8 Å². The van der Waals surface area contributed by atoms with Crippen molar-refractivity contribution in [3.8, 4) is 0 Å². The molecule has 13 heavy (non-hydrogen) atoms. The van der Waals surface area contributed by atoms with Crippen LogP contribution in [0.5, 0.6) is 0 Å². The molecule has 0 aromatic heterocycles. The largest absolute Gasteiger partial charge is 1.00 e. The maximum Gasteiger partial charge on any atom is 1.00 e. The Morgan fingerprint density at radius 1 is 1.23 bits per heavy atom. The Bertz CT molecular complexity index is 178. The van der Waals surface area contributed by atoms with E-state index in [1.807, 2.05) is 0 Å². The fraction of sp³-hybridized carbons (Fsp3) is 0.800. The second-order valence-corrected chi connectivity index (χ2v) is 1.84. The van der Waals surface area contributed by atoms with Gasteiger partial charge in [0.1, 0.15) is 0 Å². The minimum absolute atomic E-state index is 0. The standard InChI is InChI=1S/C5H5F5O2.Na/c1-2-3(11)12-5(9,10)4(6,7)8;/h2H2,1H3;/q;+1. The molecule has 0 amide bonds. The fourth-order valence-corrected chi connectivity index (χ4v) is 0.273. The molecule has 8 heteroatoms. The summed E-state index contributed by atoms with van der Waals surface area (Å²) in [5.74, 6) is -1.60. The van der Waals surface area contributed by atoms with Crippen molar-refractivity contribution in [2.45, 2.75) is 25.6 Å². The van der Waals surface area contributed by atoms with E-state index in [0.29, 0.717) is 0 Å². The molecular formula is C5H5F5NaO2+. The molecular weight excluding hydrogens is 210 g/mol. The van der Waals surface area contributed by atoms with Crippen LogP contribution in [0, 0.1) is 0 Å². The van der Waals surface area contributed by atoms with Gasteiger partial charge in [-0.05, 0) is 0 Å². The Hall–Kier alpha value is 0.120. The molecule has 0 aliphatic carbocycles. The smallest absolute Gasteiger partial charge is 0.394 e. The first-order valence-electron chi connectivity index (χ1n) is 2.87. The topological polar surface area (TPSA) is 26.3 Å². The molecule has 0 aromatic carbocycles. The quantitative estimate of drug-likeness (QED) is 0.339. The zero-order chi connectivity index (χ0) is 9.99. The summed E-state index contributed by atoms with van der Waals surface area (Å²) in [5.41, 5.74) is 0. The zero-order valence-electron chi connectivity index (χ0n) is 6.91. The van der Waals surface area contributed by atoms with E-state index in [0.717, 1.165) is 6.92 Å². The van der Waals surface area contributed by atoms with Crippen LogP contribution in [0.25, 0.3) is 0 Å². The third kappa shape index (κ3) is 4.78. The van der Waals surface area contributed by atoms with E-state index < -0.39 is 24.7 Å². The number of rotatable bonds is 2. The van der Waals surface area contributed by atoms with Crippen LogP contribution in [0.4, 0.5) is 22.0 Å². The second-order valence-electron chi connectivity index (χ2n) is 1.84. The number of hydrogen-bond acceptors (Lipinski definition) is 2. The maximum atomic E-state index is 11.8. The molecule has 0 atom stereocenters. The van der Waals surface area contributed by atoms with E-state index in [4.69, 9.17) is 0 Å². The molecule has 72 valence electrons. The summed E-state index contributed by atoms with van der Waals surface area (Å²) in [6.07, 6.45) is -11.8. The van der Waals surface area contributed by atoms with E-state index in [9.17, 15) is 26.7 Å². The summed E-state index contributed by atoms with van der Waals surface area (Å²) in [5, 5.41) is 0. The first kappa shape index (κ1) is 15.6. The molecule has 0 heterocycles. The van der Waals surface area contributed by atoms with Crippen molar-refractivity contribution < 1.29 is 61.0 Å². The molecule has 0 radical (unpaired) electrons. The van der Waals surface area contributed by atoms with Gasteiger partial charge in [0.25, 0.3) is 0 Å². The Morgan fingerprint density at radius 2 is 1.62 bits per heavy atom. The summed E-state index contributed by atoms with van der Waals surface area (Å²) >= 11 is 0. The van der Waals surface area contributed by atoms with Crippen molar-refractivity contribution in [3.63, 3.8) is 0 Å². The van der Waals surface area contributed by atoms with Gasteiger partial charge in [-0.3, -0.25) is 4.79 Å². The van der Waals surface area contributed by atoms with Gasteiger partial charge in [-0.2, -0.15) is 22.0 Å². The van der Waals surface area contributed by atoms with Crippen molar-refractivity contribution in [2.24, 2.45) is 0 Å². The SMILES string of the molecule is CCC(=O)OC(F)(F)C(F)(F)F.[Na+]. The summed E-state index contributed by atoms with van der Waals surface area (Å²) in [7, 11) is 0. The van der Waals surface area contributed by atoms with Crippen molar-refractivity contribution >= 4 is 5.97 Å². The van der Waals surface area contributed by atoms with Gasteiger partial charge in [-0.1, -0.05) is 6.92 Å². The summed E-state index contributed by atoms with van der Waals surface area (Å²) in [6, 6.07) is 0. The molecule has 0 bridgehead atoms. The Morgan fingerprint density at radius 3 is 1.85 bits per heavy atom. The van der Waals surface area contributed by atoms with Crippen LogP contribution < -0.4 is 29.6 Å². The maximum absolute atomic E-state index is 11.8. The van der Waals surface area contributed by atoms with Gasteiger partial charge < -0.3 is 4.74 Å². The summed E-state index contributed by atoms with van der Waals surface area (Å²) in [4.78, 5) is 10.1. The van der Waals surface area contributed by atoms with Gasteiger partial charge in [0.15, 0.2) is 0 Å². The molecule has 0 fully saturated rings. The fourth-order valence-electron chi connectivity index (χ4n) is 0.273. The molecule has 0 aromatic rings. The molecule has 2 nitrogen and oxygen atoms in total. The number of hydrogen-bond donors (Lipinski definition) is 0. The first-order valence-corrected chi connectivity index (χ1v) is 2.87. The molecule has 0 rings (SSSR count). The van der Waals surface area contributed by atoms with E-state index in [1.165, 1.54) is 0 Å². The van der Waals surface area contributed by atoms with E-state index in [1.54, 1.807) is 0 Å². The molecule has 0 N–H and O–H groups in total. The van der Waals surface area contributed by atoms with Crippen molar-refractivity contribution in [2.75, 3.05) is 0 Å². The van der Waals surface area contributed by atoms with Gasteiger partial charge in [-0.15, -0.1) is 0 Å². The number of ether oxygens (including phenoxy) is 1. The third-order valence-electron chi connectivity index (χ3n) is 0.861. The molecule has 0 aliphatic heterocycles. The normalized spacial score (nSPS) is 11.8. The minimum Gasteiger partial charge on any atom is -0.394 e. The van der Waals surface area contributed by atoms with Crippen molar-refractivity contribution in [1.29, 1.82) is 0 Å². The molecule has 0 aliphatic rings. The monoisotopic (exact) mass is 215 g/mol. The first-order chi connectivity index (χ1) is 5.20. The second kappa shape index (κ2) is 5.11. The number of carbonyl (C=O) groups is 1. The summed E-state index contributed by atoms with van der Waals surface area (Å²) in [6.45, 7) is 1.11. The number of esters is 1. The van der Waals surface area contributed by atoms with Gasteiger partial charge in [-0.25, -0.2) is 0 Å². The average molecular weight is 215 g/mol. The number of alkyl halides is 5. The Kier molecular flexibility index (Phi) is 6.13. The van der Waals surface area contributed by atoms with Crippen molar-refractivity contribution in [1.82, 2.24) is 0 Å². The van der Waals surface area contributed by atoms with E-state index >= 15 is 0 Å². The van der Waals surface area contributed by atoms with E-state index in [-0.39, 0.29) is 29.6 Å². The Balaban J connectivity index is 0. The molecule has 0 spiro atoms. The van der Waals surface area contributed by atoms with Crippen LogP contribution in [-0.2, 0) is 9.53 Å². The minimum atomic E-state index is -5.85. The predicted molar refractivity (Wildman–Crippen MR) is 27.4 cm³/mol. The third-order valence-corrected chi connectivity index (χ3v) is 0.861. The van der Waals surface area contributed by atoms with Gasteiger partial charge in [0, 0.05) is 6.42 Å². The van der Waals surface area contributed by atoms with Crippen molar-refractivity contribution in [3.05, 3.63) is 0 Å². The van der Waals surface area contributed by atoms with Crippen LogP contribution in [0.15, 0.2) is 0 Å². The van der Waals surface area contributed by atoms with Gasteiger partial charge in [0.05, 0.1) is 0 Å². The molecule has 0 unspecified atom stereocenters. The van der Waals surface area contributed by atoms with Crippen LogP contribution in [0.1, 0.15) is 13.3 Å². The predicted octanol–water partition coefficient (Wildman–Crippen LogP) is -0.901. The van der Waals surface area contributed by atoms with E-state index in [2.05, 4.69) is 4.74 Å². The van der Waals surface area contributed by atoms with Crippen LogP contribution in [0.2, 0.25) is 0 Å². The van der Waals surface area contributed by atoms with Crippen LogP contribution in [0.3, 0.4) is 0 Å². The zero-order valence-corrected chi connectivity index (χ0v) is 8.91. The molecule has 0 saturated carbocycles. The number of halogens is 5. The van der Waals surface area contributed by atoms with Gasteiger partial charge in [0.2, 0.25) is 0 Å². The summed E-state index contributed by atoms with van der Waals surface area (Å²) < 4.78 is 60.4. The van der Waals surface area contributed by atoms with Crippen LogP contribution >= 0.6 is 0 Å². The average Bonchev–Trinajstić information content (AvgIpc) is 1.84. The Labute approximate surface area is 92.7 Å². The number of carbonyl (C=O) groups excluding carboxylic acids is 1.